The molecule has 3 fully saturated rings. The van der Waals surface area contributed by atoms with Crippen molar-refractivity contribution in [1.29, 1.82) is 0 Å². The third-order valence-electron chi connectivity index (χ3n) is 9.11. The van der Waals surface area contributed by atoms with E-state index in [1.165, 1.54) is 0 Å². The molecule has 2 unspecified atom stereocenters. The number of carbonyl (C=O) groups is 3. The number of aliphatic hydroxyl groups excluding tert-OH is 1. The van der Waals surface area contributed by atoms with Gasteiger partial charge in [0.15, 0.2) is 0 Å². The molecule has 9 heteroatoms. The van der Waals surface area contributed by atoms with Crippen LogP contribution in [0, 0.1) is 11.8 Å². The molecule has 43 heavy (non-hydrogen) atoms. The first-order valence-corrected chi connectivity index (χ1v) is 16.3. The van der Waals surface area contributed by atoms with Crippen molar-refractivity contribution in [2.75, 3.05) is 30.4 Å². The van der Waals surface area contributed by atoms with Crippen LogP contribution in [-0.4, -0.2) is 63.5 Å². The number of amides is 3. The van der Waals surface area contributed by atoms with Gasteiger partial charge in [0.2, 0.25) is 17.7 Å². The highest BCUT2D eigenvalue weighted by molar-refractivity contribution is 8.02. The molecule has 3 amide bonds. The van der Waals surface area contributed by atoms with Crippen LogP contribution in [0.2, 0.25) is 0 Å². The maximum absolute atomic E-state index is 14.2. The molecule has 3 aromatic carbocycles. The van der Waals surface area contributed by atoms with Gasteiger partial charge in [0.1, 0.15) is 11.8 Å². The quantitative estimate of drug-likeness (QED) is 0.238. The Morgan fingerprint density at radius 2 is 1.67 bits per heavy atom. The molecule has 0 radical (unpaired) electrons. The first kappa shape index (κ1) is 29.5. The lowest BCUT2D eigenvalue weighted by atomic mass is 9.70. The molecule has 5 atom stereocenters. The minimum atomic E-state index is -0.660. The monoisotopic (exact) mass is 601 g/mol. The molecule has 3 N–H and O–H groups in total. The van der Waals surface area contributed by atoms with E-state index in [9.17, 15) is 19.5 Å². The summed E-state index contributed by atoms with van der Waals surface area (Å²) in [5, 5.41) is 17.5. The Labute approximate surface area is 256 Å². The third kappa shape index (κ3) is 5.60. The Balaban J connectivity index is 1.25. The Bertz CT molecular complexity index is 1500. The Morgan fingerprint density at radius 3 is 2.44 bits per heavy atom. The summed E-state index contributed by atoms with van der Waals surface area (Å²) in [6.45, 7) is 3.08. The van der Waals surface area contributed by atoms with Crippen LogP contribution >= 0.6 is 11.8 Å². The molecule has 0 aliphatic carbocycles. The number of hydrogen-bond donors (Lipinski definition) is 3. The summed E-state index contributed by atoms with van der Waals surface area (Å²) in [5.74, 6) is -0.780. The van der Waals surface area contributed by atoms with Gasteiger partial charge in [-0.1, -0.05) is 43.2 Å². The van der Waals surface area contributed by atoms with Gasteiger partial charge >= 0.3 is 0 Å². The summed E-state index contributed by atoms with van der Waals surface area (Å²) in [6, 6.07) is 20.5. The van der Waals surface area contributed by atoms with Gasteiger partial charge in [-0.15, -0.1) is 11.8 Å². The van der Waals surface area contributed by atoms with Crippen molar-refractivity contribution in [2.24, 2.45) is 11.8 Å². The van der Waals surface area contributed by atoms with Crippen LogP contribution in [-0.2, 0) is 14.4 Å². The summed E-state index contributed by atoms with van der Waals surface area (Å²) in [7, 11) is 0. The standard InChI is InChI=1S/C34H39N3O5S/c1-2-42-26-15-13-24(14-16-26)35-31(39)28-27-17-18-34(43-27)29(28)33(41)37(19-7-3-4-8-20-38)30(34)32(40)36-25-12-11-22-9-5-6-10-23(22)21-25/h5-6,9-16,21,27-30,38H,2-4,7-8,17-20H2,1H3,(H,35,39)(H,36,40)/t27-,28+,29-,30?,34?/m0/s1. The molecule has 3 aromatic rings. The fourth-order valence-electron chi connectivity index (χ4n) is 7.25. The van der Waals surface area contributed by atoms with Crippen molar-refractivity contribution in [2.45, 2.75) is 61.5 Å². The van der Waals surface area contributed by atoms with Crippen LogP contribution in [0.15, 0.2) is 66.7 Å². The number of hydrogen-bond acceptors (Lipinski definition) is 6. The van der Waals surface area contributed by atoms with E-state index in [4.69, 9.17) is 4.74 Å². The van der Waals surface area contributed by atoms with Crippen molar-refractivity contribution in [3.63, 3.8) is 0 Å². The molecule has 0 aromatic heterocycles. The van der Waals surface area contributed by atoms with E-state index in [2.05, 4.69) is 10.6 Å². The molecule has 8 nitrogen and oxygen atoms in total. The highest BCUT2D eigenvalue weighted by atomic mass is 32.2. The minimum Gasteiger partial charge on any atom is -0.494 e. The normalized spacial score (nSPS) is 25.6. The second-order valence-corrected chi connectivity index (χ2v) is 13.3. The third-order valence-corrected chi connectivity index (χ3v) is 11.1. The molecule has 6 rings (SSSR count). The summed E-state index contributed by atoms with van der Waals surface area (Å²) < 4.78 is 4.88. The summed E-state index contributed by atoms with van der Waals surface area (Å²) in [4.78, 5) is 43.9. The Kier molecular flexibility index (Phi) is 8.63. The van der Waals surface area contributed by atoms with Gasteiger partial charge in [0.25, 0.3) is 0 Å². The van der Waals surface area contributed by atoms with E-state index in [1.54, 1.807) is 16.7 Å². The summed E-state index contributed by atoms with van der Waals surface area (Å²) in [5.41, 5.74) is 1.35. The van der Waals surface area contributed by atoms with Gasteiger partial charge in [-0.3, -0.25) is 14.4 Å². The van der Waals surface area contributed by atoms with Crippen LogP contribution in [0.25, 0.3) is 10.8 Å². The number of rotatable bonds is 12. The van der Waals surface area contributed by atoms with Crippen molar-refractivity contribution in [1.82, 2.24) is 4.90 Å². The number of fused-ring (bicyclic) bond motifs is 2. The molecule has 3 saturated heterocycles. The molecule has 226 valence electrons. The number of thioether (sulfide) groups is 1. The predicted octanol–water partition coefficient (Wildman–Crippen LogP) is 5.46. The summed E-state index contributed by atoms with van der Waals surface area (Å²) in [6.07, 6.45) is 4.70. The predicted molar refractivity (Wildman–Crippen MR) is 170 cm³/mol. The van der Waals surface area contributed by atoms with Gasteiger partial charge in [-0.2, -0.15) is 0 Å². The van der Waals surface area contributed by atoms with Crippen molar-refractivity contribution in [3.8, 4) is 5.75 Å². The SMILES string of the molecule is CCOc1ccc(NC(=O)[C@@H]2[C@@H]3CCC4(S3)C(C(=O)Nc3ccc5ccccc5c3)N(CCCCCCO)C(=O)[C@H]24)cc1. The van der Waals surface area contributed by atoms with Crippen LogP contribution in [0.1, 0.15) is 45.4 Å². The molecule has 2 bridgehead atoms. The topological polar surface area (TPSA) is 108 Å². The number of anilines is 2. The minimum absolute atomic E-state index is 0.0145. The average molecular weight is 602 g/mol. The van der Waals surface area contributed by atoms with Crippen LogP contribution in [0.4, 0.5) is 11.4 Å². The largest absolute Gasteiger partial charge is 0.494 e. The zero-order valence-electron chi connectivity index (χ0n) is 24.5. The first-order chi connectivity index (χ1) is 20.9. The molecule has 3 aliphatic heterocycles. The highest BCUT2D eigenvalue weighted by Crippen LogP contribution is 2.66. The summed E-state index contributed by atoms with van der Waals surface area (Å²) >= 11 is 1.67. The number of carbonyl (C=O) groups excluding carboxylic acids is 3. The number of nitrogens with zero attached hydrogens (tertiary/aromatic N) is 1. The van der Waals surface area contributed by atoms with Gasteiger partial charge in [-0.05, 0) is 79.8 Å². The smallest absolute Gasteiger partial charge is 0.248 e. The number of benzene rings is 3. The number of nitrogens with one attached hydrogen (secondary N) is 2. The number of unbranched alkanes of at least 4 members (excludes halogenated alkanes) is 3. The van der Waals surface area contributed by atoms with E-state index < -0.39 is 22.6 Å². The highest BCUT2D eigenvalue weighted by Gasteiger charge is 2.73. The molecule has 0 saturated carbocycles. The van der Waals surface area contributed by atoms with Gasteiger partial charge < -0.3 is 25.4 Å². The zero-order valence-corrected chi connectivity index (χ0v) is 25.3. The van der Waals surface area contributed by atoms with Crippen LogP contribution in [0.5, 0.6) is 5.75 Å². The maximum atomic E-state index is 14.2. The van der Waals surface area contributed by atoms with Gasteiger partial charge in [0, 0.05) is 29.8 Å². The molecular formula is C34H39N3O5S. The van der Waals surface area contributed by atoms with Crippen molar-refractivity contribution in [3.05, 3.63) is 66.7 Å². The maximum Gasteiger partial charge on any atom is 0.248 e. The molecule has 3 heterocycles. The lowest BCUT2D eigenvalue weighted by Gasteiger charge is -2.34. The average Bonchev–Trinajstić information content (AvgIpc) is 3.65. The fraction of sp³-hybridized carbons (Fsp3) is 0.441. The second-order valence-electron chi connectivity index (χ2n) is 11.7. The zero-order chi connectivity index (χ0) is 30.0. The first-order valence-electron chi connectivity index (χ1n) is 15.4. The lowest BCUT2D eigenvalue weighted by molar-refractivity contribution is -0.138. The van der Waals surface area contributed by atoms with Crippen molar-refractivity contribution >= 4 is 51.6 Å². The Hall–Kier alpha value is -3.56. The van der Waals surface area contributed by atoms with E-state index in [0.717, 1.165) is 55.0 Å². The van der Waals surface area contributed by atoms with Crippen molar-refractivity contribution < 1.29 is 24.2 Å². The Morgan fingerprint density at radius 1 is 0.953 bits per heavy atom. The second kappa shape index (κ2) is 12.6. The van der Waals surface area contributed by atoms with E-state index >= 15 is 0 Å². The lowest BCUT2D eigenvalue weighted by Crippen LogP contribution is -2.51. The number of likely N-dealkylation sites (tertiary alicyclic amines) is 1. The van der Waals surface area contributed by atoms with Crippen LogP contribution < -0.4 is 15.4 Å². The van der Waals surface area contributed by atoms with E-state index in [1.807, 2.05) is 73.7 Å². The fourth-order valence-corrected chi connectivity index (χ4v) is 9.47. The van der Waals surface area contributed by atoms with Crippen LogP contribution in [0.3, 0.4) is 0 Å². The number of ether oxygens (including phenoxy) is 1. The number of aliphatic hydroxyl groups is 1. The van der Waals surface area contributed by atoms with Gasteiger partial charge in [-0.25, -0.2) is 0 Å². The molecule has 3 aliphatic rings. The molecular weight excluding hydrogens is 562 g/mol. The van der Waals surface area contributed by atoms with E-state index in [-0.39, 0.29) is 29.6 Å². The van der Waals surface area contributed by atoms with E-state index in [0.29, 0.717) is 24.5 Å². The molecule has 1 spiro atoms. The van der Waals surface area contributed by atoms with Gasteiger partial charge in [0.05, 0.1) is 23.2 Å².